The number of benzene rings is 1. The standard InChI is InChI=1S/C11H11NO3/c13-12(14)5-3-9-1-2-11-8-15-6-4-10(11)7-9/h1-3,5,7H,4,6,8H2/b5-3+. The van der Waals surface area contributed by atoms with Gasteiger partial charge in [0.25, 0.3) is 0 Å². The van der Waals surface area contributed by atoms with E-state index < -0.39 is 4.92 Å². The Balaban J connectivity index is 2.24. The van der Waals surface area contributed by atoms with Crippen LogP contribution < -0.4 is 0 Å². The number of rotatable bonds is 2. The normalized spacial score (nSPS) is 15.2. The van der Waals surface area contributed by atoms with Gasteiger partial charge in [0.2, 0.25) is 6.20 Å². The molecule has 0 bridgehead atoms. The van der Waals surface area contributed by atoms with Gasteiger partial charge < -0.3 is 4.74 Å². The van der Waals surface area contributed by atoms with Gasteiger partial charge in [-0.25, -0.2) is 0 Å². The fourth-order valence-electron chi connectivity index (χ4n) is 1.63. The van der Waals surface area contributed by atoms with Crippen molar-refractivity contribution < 1.29 is 9.66 Å². The van der Waals surface area contributed by atoms with Crippen molar-refractivity contribution in [3.8, 4) is 0 Å². The molecule has 0 saturated carbocycles. The molecule has 1 aromatic rings. The molecule has 0 aliphatic carbocycles. The SMILES string of the molecule is O=[N+]([O-])/C=C/c1ccc2c(c1)CCOC2. The molecule has 0 fully saturated rings. The summed E-state index contributed by atoms with van der Waals surface area (Å²) in [7, 11) is 0. The van der Waals surface area contributed by atoms with Crippen molar-refractivity contribution >= 4 is 6.08 Å². The van der Waals surface area contributed by atoms with Gasteiger partial charge in [0.05, 0.1) is 18.1 Å². The van der Waals surface area contributed by atoms with Crippen LogP contribution >= 0.6 is 0 Å². The molecule has 1 heterocycles. The second kappa shape index (κ2) is 4.23. The van der Waals surface area contributed by atoms with Crippen LogP contribution in [0.2, 0.25) is 0 Å². The van der Waals surface area contributed by atoms with Crippen molar-refractivity contribution in [1.82, 2.24) is 0 Å². The second-order valence-electron chi connectivity index (χ2n) is 3.43. The molecule has 1 aromatic carbocycles. The first-order chi connectivity index (χ1) is 7.25. The zero-order valence-electron chi connectivity index (χ0n) is 8.18. The number of nitrogens with zero attached hydrogens (tertiary/aromatic N) is 1. The fourth-order valence-corrected chi connectivity index (χ4v) is 1.63. The summed E-state index contributed by atoms with van der Waals surface area (Å²) in [5.41, 5.74) is 3.28. The lowest BCUT2D eigenvalue weighted by Gasteiger charge is -2.16. The van der Waals surface area contributed by atoms with Gasteiger partial charge in [-0.15, -0.1) is 0 Å². The molecule has 0 N–H and O–H groups in total. The minimum absolute atomic E-state index is 0.456. The second-order valence-corrected chi connectivity index (χ2v) is 3.43. The van der Waals surface area contributed by atoms with Crippen LogP contribution in [0.3, 0.4) is 0 Å². The minimum Gasteiger partial charge on any atom is -0.376 e. The van der Waals surface area contributed by atoms with Gasteiger partial charge >= 0.3 is 0 Å². The Bertz CT molecular complexity index is 412. The van der Waals surface area contributed by atoms with Gasteiger partial charge in [-0.05, 0) is 23.1 Å². The van der Waals surface area contributed by atoms with E-state index in [0.717, 1.165) is 24.8 Å². The van der Waals surface area contributed by atoms with E-state index in [1.165, 1.54) is 17.2 Å². The van der Waals surface area contributed by atoms with Gasteiger partial charge in [-0.1, -0.05) is 18.2 Å². The highest BCUT2D eigenvalue weighted by Gasteiger charge is 2.08. The molecule has 0 radical (unpaired) electrons. The van der Waals surface area contributed by atoms with E-state index in [2.05, 4.69) is 0 Å². The summed E-state index contributed by atoms with van der Waals surface area (Å²) >= 11 is 0. The molecule has 1 aliphatic heterocycles. The van der Waals surface area contributed by atoms with Gasteiger partial charge in [0, 0.05) is 6.08 Å². The summed E-state index contributed by atoms with van der Waals surface area (Å²) in [6, 6.07) is 5.82. The van der Waals surface area contributed by atoms with Crippen LogP contribution in [0.15, 0.2) is 24.4 Å². The van der Waals surface area contributed by atoms with Crippen molar-refractivity contribution in [3.05, 3.63) is 51.2 Å². The summed E-state index contributed by atoms with van der Waals surface area (Å²) in [6.07, 6.45) is 3.35. The van der Waals surface area contributed by atoms with E-state index in [1.807, 2.05) is 18.2 Å². The predicted molar refractivity (Wildman–Crippen MR) is 55.8 cm³/mol. The third kappa shape index (κ3) is 2.41. The van der Waals surface area contributed by atoms with Crippen molar-refractivity contribution in [2.45, 2.75) is 13.0 Å². The molecule has 4 heteroatoms. The fraction of sp³-hybridized carbons (Fsp3) is 0.273. The predicted octanol–water partition coefficient (Wildman–Crippen LogP) is 2.01. The van der Waals surface area contributed by atoms with E-state index in [1.54, 1.807) is 0 Å². The summed E-state index contributed by atoms with van der Waals surface area (Å²) in [5, 5.41) is 10.2. The molecule has 0 saturated heterocycles. The molecular formula is C11H11NO3. The largest absolute Gasteiger partial charge is 0.376 e. The lowest BCUT2D eigenvalue weighted by Crippen LogP contribution is -2.09. The molecule has 0 atom stereocenters. The molecule has 0 amide bonds. The number of hydrogen-bond acceptors (Lipinski definition) is 3. The van der Waals surface area contributed by atoms with E-state index in [4.69, 9.17) is 4.74 Å². The first kappa shape index (κ1) is 9.86. The Morgan fingerprint density at radius 1 is 1.40 bits per heavy atom. The lowest BCUT2D eigenvalue weighted by atomic mass is 10.0. The Kier molecular flexibility index (Phi) is 2.78. The monoisotopic (exact) mass is 205 g/mol. The van der Waals surface area contributed by atoms with Crippen LogP contribution in [0.25, 0.3) is 6.08 Å². The highest BCUT2D eigenvalue weighted by atomic mass is 16.6. The summed E-state index contributed by atoms with van der Waals surface area (Å²) < 4.78 is 5.31. The number of fused-ring (bicyclic) bond motifs is 1. The Hall–Kier alpha value is -1.68. The van der Waals surface area contributed by atoms with Crippen LogP contribution in [0.4, 0.5) is 0 Å². The van der Waals surface area contributed by atoms with E-state index >= 15 is 0 Å². The smallest absolute Gasteiger partial charge is 0.235 e. The Morgan fingerprint density at radius 3 is 3.07 bits per heavy atom. The quantitative estimate of drug-likeness (QED) is 0.548. The molecule has 0 spiro atoms. The van der Waals surface area contributed by atoms with Crippen LogP contribution in [0.1, 0.15) is 16.7 Å². The molecule has 15 heavy (non-hydrogen) atoms. The van der Waals surface area contributed by atoms with Gasteiger partial charge in [0.1, 0.15) is 0 Å². The maximum atomic E-state index is 10.2. The summed E-state index contributed by atoms with van der Waals surface area (Å²) in [5.74, 6) is 0. The zero-order valence-corrected chi connectivity index (χ0v) is 8.18. The number of hydrogen-bond donors (Lipinski definition) is 0. The average Bonchev–Trinajstić information content (AvgIpc) is 2.26. The van der Waals surface area contributed by atoms with Crippen molar-refractivity contribution in [3.63, 3.8) is 0 Å². The molecule has 1 aliphatic rings. The molecule has 2 rings (SSSR count). The third-order valence-electron chi connectivity index (χ3n) is 2.39. The molecular weight excluding hydrogens is 194 g/mol. The first-order valence-electron chi connectivity index (χ1n) is 4.77. The van der Waals surface area contributed by atoms with Crippen molar-refractivity contribution in [1.29, 1.82) is 0 Å². The Morgan fingerprint density at radius 2 is 2.27 bits per heavy atom. The van der Waals surface area contributed by atoms with Crippen molar-refractivity contribution in [2.75, 3.05) is 6.61 Å². The van der Waals surface area contributed by atoms with Gasteiger partial charge in [-0.3, -0.25) is 10.1 Å². The van der Waals surface area contributed by atoms with Gasteiger partial charge in [0.15, 0.2) is 0 Å². The maximum absolute atomic E-state index is 10.2. The highest BCUT2D eigenvalue weighted by Crippen LogP contribution is 2.18. The topological polar surface area (TPSA) is 52.4 Å². The molecule has 0 aromatic heterocycles. The average molecular weight is 205 g/mol. The van der Waals surface area contributed by atoms with Crippen LogP contribution in [-0.4, -0.2) is 11.5 Å². The van der Waals surface area contributed by atoms with Crippen LogP contribution in [-0.2, 0) is 17.8 Å². The van der Waals surface area contributed by atoms with E-state index in [0.29, 0.717) is 6.61 Å². The lowest BCUT2D eigenvalue weighted by molar-refractivity contribution is -0.400. The number of ether oxygens (including phenoxy) is 1. The third-order valence-corrected chi connectivity index (χ3v) is 2.39. The van der Waals surface area contributed by atoms with Crippen LogP contribution in [0.5, 0.6) is 0 Å². The van der Waals surface area contributed by atoms with Crippen molar-refractivity contribution in [2.24, 2.45) is 0 Å². The Labute approximate surface area is 87.3 Å². The van der Waals surface area contributed by atoms with E-state index in [-0.39, 0.29) is 0 Å². The minimum atomic E-state index is -0.456. The van der Waals surface area contributed by atoms with E-state index in [9.17, 15) is 10.1 Å². The van der Waals surface area contributed by atoms with Gasteiger partial charge in [-0.2, -0.15) is 0 Å². The van der Waals surface area contributed by atoms with Crippen LogP contribution in [0, 0.1) is 10.1 Å². The summed E-state index contributed by atoms with van der Waals surface area (Å²) in [4.78, 5) is 9.70. The highest BCUT2D eigenvalue weighted by molar-refractivity contribution is 5.51. The molecule has 78 valence electrons. The summed E-state index contributed by atoms with van der Waals surface area (Å²) in [6.45, 7) is 1.38. The maximum Gasteiger partial charge on any atom is 0.235 e. The molecule has 4 nitrogen and oxygen atoms in total. The first-order valence-corrected chi connectivity index (χ1v) is 4.77. The zero-order chi connectivity index (χ0) is 10.7. The molecule has 0 unspecified atom stereocenters. The number of nitro groups is 1.